The third-order valence-corrected chi connectivity index (χ3v) is 15.0. The first-order valence-corrected chi connectivity index (χ1v) is 23.5. The monoisotopic (exact) mass is 854 g/mol. The van der Waals surface area contributed by atoms with Gasteiger partial charge in [-0.1, -0.05) is 188 Å². The lowest BCUT2D eigenvalue weighted by Gasteiger charge is -2.18. The van der Waals surface area contributed by atoms with Crippen molar-refractivity contribution in [2.75, 3.05) is 0 Å². The number of benzene rings is 12. The van der Waals surface area contributed by atoms with Crippen molar-refractivity contribution < 1.29 is 4.42 Å². The van der Waals surface area contributed by atoms with E-state index < -0.39 is 0 Å². The van der Waals surface area contributed by atoms with Crippen LogP contribution in [0.4, 0.5) is 0 Å². The maximum Gasteiger partial charge on any atom is 0.136 e. The van der Waals surface area contributed by atoms with Crippen molar-refractivity contribution >= 4 is 96.5 Å². The second kappa shape index (κ2) is 14.6. The third-order valence-electron chi connectivity index (χ3n) is 13.8. The average Bonchev–Trinajstić information content (AvgIpc) is 3.95. The highest BCUT2D eigenvalue weighted by Crippen LogP contribution is 2.49. The second-order valence-corrected chi connectivity index (χ2v) is 18.5. The molecule has 0 N–H and O–H groups in total. The van der Waals surface area contributed by atoms with Crippen molar-refractivity contribution in [3.05, 3.63) is 231 Å². The highest BCUT2D eigenvalue weighted by atomic mass is 32.1. The second-order valence-electron chi connectivity index (χ2n) is 17.4. The van der Waals surface area contributed by atoms with Gasteiger partial charge >= 0.3 is 0 Å². The fraction of sp³-hybridized carbons (Fsp3) is 0. The summed E-state index contributed by atoms with van der Waals surface area (Å²) >= 11 is 1.87. The highest BCUT2D eigenvalue weighted by Gasteiger charge is 2.22. The van der Waals surface area contributed by atoms with Crippen LogP contribution in [0.2, 0.25) is 0 Å². The molecule has 2 heteroatoms. The molecular formula is C64H38OS. The van der Waals surface area contributed by atoms with E-state index in [1.54, 1.807) is 0 Å². The van der Waals surface area contributed by atoms with Crippen molar-refractivity contribution in [1.82, 2.24) is 0 Å². The molecule has 0 atom stereocenters. The van der Waals surface area contributed by atoms with Crippen LogP contribution in [0.25, 0.3) is 141 Å². The molecule has 2 aromatic heterocycles. The summed E-state index contributed by atoms with van der Waals surface area (Å²) in [7, 11) is 0. The van der Waals surface area contributed by atoms with E-state index in [0.717, 1.165) is 27.5 Å². The van der Waals surface area contributed by atoms with E-state index >= 15 is 0 Å². The summed E-state index contributed by atoms with van der Waals surface area (Å²) in [5, 5.41) is 14.7. The Kier molecular flexibility index (Phi) is 8.22. The van der Waals surface area contributed by atoms with Crippen LogP contribution in [-0.4, -0.2) is 0 Å². The molecule has 0 fully saturated rings. The van der Waals surface area contributed by atoms with Gasteiger partial charge in [-0.3, -0.25) is 0 Å². The van der Waals surface area contributed by atoms with Gasteiger partial charge in [-0.15, -0.1) is 11.3 Å². The molecule has 0 radical (unpaired) electrons. The highest BCUT2D eigenvalue weighted by molar-refractivity contribution is 7.25. The van der Waals surface area contributed by atoms with Crippen LogP contribution in [0.5, 0.6) is 0 Å². The van der Waals surface area contributed by atoms with E-state index in [1.807, 2.05) is 11.3 Å². The molecule has 14 rings (SSSR count). The first-order chi connectivity index (χ1) is 32.7. The Bertz CT molecular complexity index is 4160. The predicted molar refractivity (Wildman–Crippen MR) is 284 cm³/mol. The largest absolute Gasteiger partial charge is 0.456 e. The molecule has 1 nitrogen and oxygen atoms in total. The summed E-state index contributed by atoms with van der Waals surface area (Å²) in [4.78, 5) is 0. The standard InChI is InChI=1S/C64H38OS/c1-3-16-39(17-4-1)41-31-34-58-54(36-41)55-37-42(32-35-59(55)66-58)61-44-20-7-9-22-46(44)62(47-23-10-8-21-45(47)61)43-30-33-52-57(38-43)65-56-29-15-28-53(64(52)56)63-50-26-13-11-24-48(50)60(40-18-5-2-6-19-40)49-25-12-14-27-51(49)63/h1-38H. The van der Waals surface area contributed by atoms with E-state index in [-0.39, 0.29) is 0 Å². The van der Waals surface area contributed by atoms with Crippen LogP contribution in [0.15, 0.2) is 235 Å². The average molecular weight is 855 g/mol. The van der Waals surface area contributed by atoms with Gasteiger partial charge in [-0.25, -0.2) is 0 Å². The lowest BCUT2D eigenvalue weighted by molar-refractivity contribution is 0.669. The van der Waals surface area contributed by atoms with Crippen LogP contribution in [0, 0.1) is 0 Å². The third kappa shape index (κ3) is 5.59. The van der Waals surface area contributed by atoms with Crippen molar-refractivity contribution in [2.24, 2.45) is 0 Å². The molecule has 2 heterocycles. The molecule has 0 bridgehead atoms. The minimum absolute atomic E-state index is 0.881. The molecule has 0 spiro atoms. The molecule has 0 aliphatic heterocycles. The van der Waals surface area contributed by atoms with Gasteiger partial charge in [0.05, 0.1) is 0 Å². The minimum atomic E-state index is 0.881. The molecule has 0 unspecified atom stereocenters. The van der Waals surface area contributed by atoms with Gasteiger partial charge in [0.25, 0.3) is 0 Å². The molecular weight excluding hydrogens is 817 g/mol. The molecule has 0 aliphatic carbocycles. The van der Waals surface area contributed by atoms with Crippen LogP contribution in [0.3, 0.4) is 0 Å². The number of rotatable bonds is 5. The van der Waals surface area contributed by atoms with Gasteiger partial charge in [0, 0.05) is 30.9 Å². The van der Waals surface area contributed by atoms with Crippen molar-refractivity contribution in [3.8, 4) is 55.6 Å². The smallest absolute Gasteiger partial charge is 0.136 e. The molecule has 14 aromatic rings. The van der Waals surface area contributed by atoms with Gasteiger partial charge < -0.3 is 4.42 Å². The molecule has 0 aliphatic rings. The Labute approximate surface area is 385 Å². The Morgan fingerprint density at radius 1 is 0.242 bits per heavy atom. The summed E-state index contributed by atoms with van der Waals surface area (Å²) in [5.74, 6) is 0. The zero-order chi connectivity index (χ0) is 43.3. The molecule has 12 aromatic carbocycles. The van der Waals surface area contributed by atoms with E-state index in [0.29, 0.717) is 0 Å². The van der Waals surface area contributed by atoms with Gasteiger partial charge in [0.1, 0.15) is 11.2 Å². The zero-order valence-corrected chi connectivity index (χ0v) is 36.6. The SMILES string of the molecule is c1ccc(-c2ccc3sc4ccc(-c5c6ccccc6c(-c6ccc7c(c6)oc6cccc(-c8c9ccccc9c(-c9ccccc9)c9ccccc89)c67)c6ccccc56)cc4c3c2)cc1. The molecule has 306 valence electrons. The number of thiophene rings is 1. The molecule has 0 amide bonds. The van der Waals surface area contributed by atoms with Crippen molar-refractivity contribution in [3.63, 3.8) is 0 Å². The van der Waals surface area contributed by atoms with Gasteiger partial charge in [0.15, 0.2) is 0 Å². The molecule has 0 saturated carbocycles. The summed E-state index contributed by atoms with van der Waals surface area (Å²) in [6.07, 6.45) is 0. The van der Waals surface area contributed by atoms with Crippen LogP contribution in [0.1, 0.15) is 0 Å². The van der Waals surface area contributed by atoms with Gasteiger partial charge in [0.2, 0.25) is 0 Å². The zero-order valence-electron chi connectivity index (χ0n) is 35.8. The van der Waals surface area contributed by atoms with Gasteiger partial charge in [-0.2, -0.15) is 0 Å². The summed E-state index contributed by atoms with van der Waals surface area (Å²) in [6, 6.07) is 84.6. The fourth-order valence-electron chi connectivity index (χ4n) is 11.0. The fourth-order valence-corrected chi connectivity index (χ4v) is 12.1. The first-order valence-electron chi connectivity index (χ1n) is 22.7. The van der Waals surface area contributed by atoms with Crippen LogP contribution >= 0.6 is 11.3 Å². The van der Waals surface area contributed by atoms with E-state index in [9.17, 15) is 0 Å². The normalized spacial score (nSPS) is 11.9. The predicted octanol–water partition coefficient (Wildman–Crippen LogP) is 18.9. The van der Waals surface area contributed by atoms with Crippen LogP contribution in [-0.2, 0) is 0 Å². The van der Waals surface area contributed by atoms with Crippen molar-refractivity contribution in [2.45, 2.75) is 0 Å². The topological polar surface area (TPSA) is 13.1 Å². The molecule has 66 heavy (non-hydrogen) atoms. The number of fused-ring (bicyclic) bond motifs is 10. The Morgan fingerprint density at radius 2 is 0.667 bits per heavy atom. The van der Waals surface area contributed by atoms with E-state index in [4.69, 9.17) is 4.42 Å². The van der Waals surface area contributed by atoms with Crippen molar-refractivity contribution in [1.29, 1.82) is 0 Å². The first kappa shape index (κ1) is 37.1. The number of hydrogen-bond acceptors (Lipinski definition) is 2. The number of furan rings is 1. The Hall–Kier alpha value is -8.30. The maximum atomic E-state index is 6.92. The maximum absolute atomic E-state index is 6.92. The van der Waals surface area contributed by atoms with Crippen LogP contribution < -0.4 is 0 Å². The van der Waals surface area contributed by atoms with E-state index in [2.05, 4.69) is 231 Å². The lowest BCUT2D eigenvalue weighted by Crippen LogP contribution is -1.91. The minimum Gasteiger partial charge on any atom is -0.456 e. The van der Waals surface area contributed by atoms with Gasteiger partial charge in [-0.05, 0) is 141 Å². The van der Waals surface area contributed by atoms with E-state index in [1.165, 1.54) is 113 Å². The summed E-state index contributed by atoms with van der Waals surface area (Å²) in [6.45, 7) is 0. The summed E-state index contributed by atoms with van der Waals surface area (Å²) in [5.41, 5.74) is 14.0. The quantitative estimate of drug-likeness (QED) is 0.157. The Morgan fingerprint density at radius 3 is 1.21 bits per heavy atom. The molecule has 0 saturated heterocycles. The Balaban J connectivity index is 0.965. The summed E-state index contributed by atoms with van der Waals surface area (Å²) < 4.78 is 9.53. The number of hydrogen-bond donors (Lipinski definition) is 0. The lowest BCUT2D eigenvalue weighted by atomic mass is 9.84.